The van der Waals surface area contributed by atoms with Crippen LogP contribution < -0.4 is 0 Å². The summed E-state index contributed by atoms with van der Waals surface area (Å²) in [6, 6.07) is 2.26. The van der Waals surface area contributed by atoms with E-state index in [1.165, 1.54) is 28.1 Å². The first kappa shape index (κ1) is 17.6. The number of benzene rings is 1. The molecule has 0 fully saturated rings. The first-order chi connectivity index (χ1) is 9.98. The number of rotatable bonds is 6. The zero-order chi connectivity index (χ0) is 16.0. The molecule has 1 aromatic carbocycles. The normalized spacial score (nSPS) is 12.9. The van der Waals surface area contributed by atoms with Crippen LogP contribution in [-0.4, -0.2) is 11.4 Å². The van der Waals surface area contributed by atoms with Crippen molar-refractivity contribution in [1.82, 2.24) is 0 Å². The summed E-state index contributed by atoms with van der Waals surface area (Å²) >= 11 is 0. The van der Waals surface area contributed by atoms with Crippen molar-refractivity contribution < 1.29 is 0 Å². The lowest BCUT2D eigenvalue weighted by atomic mass is 9.96. The fourth-order valence-electron chi connectivity index (χ4n) is 2.39. The van der Waals surface area contributed by atoms with Crippen LogP contribution >= 0.6 is 0 Å². The van der Waals surface area contributed by atoms with E-state index in [1.54, 1.807) is 0 Å². The Hall–Kier alpha value is -1.44. The van der Waals surface area contributed by atoms with Crippen molar-refractivity contribution in [2.45, 2.75) is 74.1 Å². The summed E-state index contributed by atoms with van der Waals surface area (Å²) in [5, 5.41) is 0. The molecule has 0 heterocycles. The van der Waals surface area contributed by atoms with Gasteiger partial charge in [0.2, 0.25) is 0 Å². The average molecular weight is 286 g/mol. The third-order valence-corrected chi connectivity index (χ3v) is 4.10. The predicted molar refractivity (Wildman–Crippen MR) is 96.1 cm³/mol. The van der Waals surface area contributed by atoms with Crippen LogP contribution in [0.3, 0.4) is 0 Å². The molecule has 0 saturated carbocycles. The Morgan fingerprint density at radius 2 is 1.48 bits per heavy atom. The number of aliphatic imine (C=N–C) groups is 2. The molecule has 1 aromatic rings. The first-order valence-electron chi connectivity index (χ1n) is 8.21. The highest BCUT2D eigenvalue weighted by Crippen LogP contribution is 2.36. The molecular weight excluding hydrogens is 256 g/mol. The Balaban J connectivity index is 3.61. The van der Waals surface area contributed by atoms with Crippen molar-refractivity contribution in [3.63, 3.8) is 0 Å². The van der Waals surface area contributed by atoms with Gasteiger partial charge in [0, 0.05) is 17.0 Å². The highest BCUT2D eigenvalue weighted by Gasteiger charge is 2.13. The van der Waals surface area contributed by atoms with Crippen LogP contribution in [0, 0.1) is 6.92 Å². The van der Waals surface area contributed by atoms with Crippen LogP contribution in [0.25, 0.3) is 0 Å². The van der Waals surface area contributed by atoms with E-state index in [9.17, 15) is 0 Å². The molecule has 116 valence electrons. The molecule has 0 atom stereocenters. The zero-order valence-electron chi connectivity index (χ0n) is 14.8. The van der Waals surface area contributed by atoms with Gasteiger partial charge >= 0.3 is 0 Å². The third-order valence-electron chi connectivity index (χ3n) is 4.10. The number of hydrogen-bond donors (Lipinski definition) is 0. The van der Waals surface area contributed by atoms with Crippen molar-refractivity contribution in [2.75, 3.05) is 0 Å². The van der Waals surface area contributed by atoms with Crippen LogP contribution in [0.5, 0.6) is 0 Å². The van der Waals surface area contributed by atoms with Crippen LogP contribution in [0.4, 0.5) is 11.4 Å². The largest absolute Gasteiger partial charge is 0.258 e. The van der Waals surface area contributed by atoms with Gasteiger partial charge in [-0.25, -0.2) is 0 Å². The maximum Gasteiger partial charge on any atom is 0.0714 e. The highest BCUT2D eigenvalue weighted by molar-refractivity contribution is 5.88. The molecule has 0 amide bonds. The quantitative estimate of drug-likeness (QED) is 0.562. The predicted octanol–water partition coefficient (Wildman–Crippen LogP) is 6.12. The molecule has 0 radical (unpaired) electrons. The van der Waals surface area contributed by atoms with Gasteiger partial charge in [0.05, 0.1) is 11.4 Å². The Labute approximate surface area is 130 Å². The van der Waals surface area contributed by atoms with Gasteiger partial charge in [-0.1, -0.05) is 27.7 Å². The molecular formula is C19H30N2. The second-order valence-corrected chi connectivity index (χ2v) is 5.62. The Bertz CT molecular complexity index is 551. The molecule has 0 aliphatic carbocycles. The molecule has 0 bridgehead atoms. The van der Waals surface area contributed by atoms with Crippen molar-refractivity contribution in [1.29, 1.82) is 0 Å². The first-order valence-corrected chi connectivity index (χ1v) is 8.21. The molecule has 0 aliphatic heterocycles. The zero-order valence-corrected chi connectivity index (χ0v) is 14.8. The van der Waals surface area contributed by atoms with E-state index in [-0.39, 0.29) is 0 Å². The molecule has 2 heteroatoms. The SMILES string of the molecule is CCC(C)=Nc1cc(CC)c(CC)c(N=C(C)CC)c1C. The van der Waals surface area contributed by atoms with Crippen molar-refractivity contribution in [3.8, 4) is 0 Å². The Morgan fingerprint density at radius 3 is 1.95 bits per heavy atom. The van der Waals surface area contributed by atoms with Crippen molar-refractivity contribution in [2.24, 2.45) is 9.98 Å². The van der Waals surface area contributed by atoms with Crippen LogP contribution in [0.1, 0.15) is 71.1 Å². The molecule has 0 aliphatic rings. The minimum Gasteiger partial charge on any atom is -0.258 e. The van der Waals surface area contributed by atoms with E-state index >= 15 is 0 Å². The number of nitrogens with zero attached hydrogens (tertiary/aromatic N) is 2. The summed E-state index contributed by atoms with van der Waals surface area (Å²) in [5.74, 6) is 0. The molecule has 0 saturated heterocycles. The van der Waals surface area contributed by atoms with Gasteiger partial charge in [0.1, 0.15) is 0 Å². The maximum atomic E-state index is 4.90. The Morgan fingerprint density at radius 1 is 0.905 bits per heavy atom. The van der Waals surface area contributed by atoms with Gasteiger partial charge in [0.15, 0.2) is 0 Å². The molecule has 0 aromatic heterocycles. The third kappa shape index (κ3) is 4.26. The lowest BCUT2D eigenvalue weighted by Crippen LogP contribution is -1.98. The van der Waals surface area contributed by atoms with E-state index in [4.69, 9.17) is 9.98 Å². The van der Waals surface area contributed by atoms with Gasteiger partial charge in [-0.15, -0.1) is 0 Å². The fourth-order valence-corrected chi connectivity index (χ4v) is 2.39. The smallest absolute Gasteiger partial charge is 0.0714 e. The van der Waals surface area contributed by atoms with E-state index in [0.717, 1.165) is 37.1 Å². The van der Waals surface area contributed by atoms with Gasteiger partial charge in [-0.2, -0.15) is 0 Å². The van der Waals surface area contributed by atoms with Crippen LogP contribution in [0.2, 0.25) is 0 Å². The van der Waals surface area contributed by atoms with Gasteiger partial charge in [-0.05, 0) is 63.6 Å². The van der Waals surface area contributed by atoms with Crippen LogP contribution in [0.15, 0.2) is 16.1 Å². The minimum absolute atomic E-state index is 0.989. The lowest BCUT2D eigenvalue weighted by molar-refractivity contribution is 1.03. The second kappa shape index (κ2) is 8.11. The van der Waals surface area contributed by atoms with Crippen molar-refractivity contribution in [3.05, 3.63) is 22.8 Å². The summed E-state index contributed by atoms with van der Waals surface area (Å²) in [7, 11) is 0. The topological polar surface area (TPSA) is 24.7 Å². The second-order valence-electron chi connectivity index (χ2n) is 5.62. The van der Waals surface area contributed by atoms with Gasteiger partial charge < -0.3 is 0 Å². The molecule has 0 unspecified atom stereocenters. The van der Waals surface area contributed by atoms with E-state index in [2.05, 4.69) is 54.5 Å². The molecule has 0 N–H and O–H groups in total. The van der Waals surface area contributed by atoms with Gasteiger partial charge in [0.25, 0.3) is 0 Å². The molecule has 0 spiro atoms. The summed E-state index contributed by atoms with van der Waals surface area (Å²) < 4.78 is 0. The molecule has 21 heavy (non-hydrogen) atoms. The number of aryl methyl sites for hydroxylation is 1. The maximum absolute atomic E-state index is 4.90. The van der Waals surface area contributed by atoms with E-state index in [0.29, 0.717) is 0 Å². The van der Waals surface area contributed by atoms with E-state index in [1.807, 2.05) is 0 Å². The summed E-state index contributed by atoms with van der Waals surface area (Å²) in [6.07, 6.45) is 4.04. The standard InChI is InChI=1S/C19H30N2/c1-8-13(5)20-18-12-16(10-3)17(11-4)19(15(18)7)21-14(6)9-2/h12H,8-11H2,1-7H3. The summed E-state index contributed by atoms with van der Waals surface area (Å²) in [6.45, 7) is 15.1. The Kier molecular flexibility index (Phi) is 6.80. The molecule has 2 nitrogen and oxygen atoms in total. The highest BCUT2D eigenvalue weighted by atomic mass is 14.8. The fraction of sp³-hybridized carbons (Fsp3) is 0.579. The average Bonchev–Trinajstić information content (AvgIpc) is 2.50. The van der Waals surface area contributed by atoms with Crippen LogP contribution in [-0.2, 0) is 12.8 Å². The number of hydrogen-bond acceptors (Lipinski definition) is 2. The summed E-state index contributed by atoms with van der Waals surface area (Å²) in [4.78, 5) is 9.70. The monoisotopic (exact) mass is 286 g/mol. The van der Waals surface area contributed by atoms with Crippen molar-refractivity contribution >= 4 is 22.8 Å². The van der Waals surface area contributed by atoms with E-state index < -0.39 is 0 Å². The molecule has 1 rings (SSSR count). The lowest BCUT2D eigenvalue weighted by Gasteiger charge is -2.16. The van der Waals surface area contributed by atoms with Gasteiger partial charge in [-0.3, -0.25) is 9.98 Å². The minimum atomic E-state index is 0.989. The summed E-state index contributed by atoms with van der Waals surface area (Å²) in [5.41, 5.74) is 8.58.